The highest BCUT2D eigenvalue weighted by Crippen LogP contribution is 2.27. The van der Waals surface area contributed by atoms with Gasteiger partial charge in [-0.2, -0.15) is 5.10 Å². The maximum atomic E-state index is 12.3. The van der Waals surface area contributed by atoms with Gasteiger partial charge < -0.3 is 5.32 Å². The Morgan fingerprint density at radius 3 is 2.52 bits per heavy atom. The molecule has 1 N–H and O–H groups in total. The molecule has 2 aromatic carbocycles. The SMILES string of the molecule is Cc1cc(SCC(=O)Nc2ccccc2)n2ncc(-c3ccccc3)c2n1. The molecule has 0 radical (unpaired) electrons. The molecule has 2 aromatic heterocycles. The van der Waals surface area contributed by atoms with Crippen molar-refractivity contribution in [1.82, 2.24) is 14.6 Å². The summed E-state index contributed by atoms with van der Waals surface area (Å²) in [5.41, 5.74) is 4.54. The fourth-order valence-electron chi connectivity index (χ4n) is 2.83. The van der Waals surface area contributed by atoms with Crippen molar-refractivity contribution in [1.29, 1.82) is 0 Å². The Kier molecular flexibility index (Phi) is 4.89. The molecule has 0 aliphatic heterocycles. The highest BCUT2D eigenvalue weighted by molar-refractivity contribution is 7.99. The maximum Gasteiger partial charge on any atom is 0.234 e. The largest absolute Gasteiger partial charge is 0.325 e. The lowest BCUT2D eigenvalue weighted by Gasteiger charge is -2.08. The minimum atomic E-state index is -0.0516. The standard InChI is InChI=1S/C21H18N4OS/c1-15-12-20(27-14-19(26)24-17-10-6-3-7-11-17)25-21(23-15)18(13-22-25)16-8-4-2-5-9-16/h2-13H,14H2,1H3,(H,24,26). The van der Waals surface area contributed by atoms with E-state index in [4.69, 9.17) is 0 Å². The van der Waals surface area contributed by atoms with E-state index >= 15 is 0 Å². The van der Waals surface area contributed by atoms with Gasteiger partial charge >= 0.3 is 0 Å². The van der Waals surface area contributed by atoms with E-state index in [0.717, 1.165) is 33.2 Å². The smallest absolute Gasteiger partial charge is 0.234 e. The Hall–Kier alpha value is -3.12. The van der Waals surface area contributed by atoms with E-state index < -0.39 is 0 Å². The fraction of sp³-hybridized carbons (Fsp3) is 0.0952. The summed E-state index contributed by atoms with van der Waals surface area (Å²) in [4.78, 5) is 16.9. The van der Waals surface area contributed by atoms with Crippen LogP contribution in [-0.2, 0) is 4.79 Å². The quantitative estimate of drug-likeness (QED) is 0.415. The zero-order valence-corrected chi connectivity index (χ0v) is 15.6. The number of hydrogen-bond acceptors (Lipinski definition) is 4. The molecule has 0 aliphatic carbocycles. The number of anilines is 1. The second kappa shape index (κ2) is 7.63. The Bertz CT molecular complexity index is 1080. The van der Waals surface area contributed by atoms with Crippen LogP contribution < -0.4 is 5.32 Å². The molecule has 0 unspecified atom stereocenters. The van der Waals surface area contributed by atoms with E-state index in [2.05, 4.69) is 15.4 Å². The number of carbonyl (C=O) groups is 1. The normalized spacial score (nSPS) is 10.9. The summed E-state index contributed by atoms with van der Waals surface area (Å²) in [6, 6.07) is 21.5. The van der Waals surface area contributed by atoms with Crippen molar-refractivity contribution in [3.05, 3.63) is 78.6 Å². The lowest BCUT2D eigenvalue weighted by molar-refractivity contribution is -0.113. The van der Waals surface area contributed by atoms with Gasteiger partial charge in [-0.1, -0.05) is 60.3 Å². The Labute approximate surface area is 161 Å². The van der Waals surface area contributed by atoms with Gasteiger partial charge in [-0.15, -0.1) is 0 Å². The predicted molar refractivity (Wildman–Crippen MR) is 109 cm³/mol. The van der Waals surface area contributed by atoms with Crippen molar-refractivity contribution in [2.24, 2.45) is 0 Å². The minimum Gasteiger partial charge on any atom is -0.325 e. The number of fused-ring (bicyclic) bond motifs is 1. The first-order valence-electron chi connectivity index (χ1n) is 8.59. The summed E-state index contributed by atoms with van der Waals surface area (Å²) >= 11 is 1.45. The van der Waals surface area contributed by atoms with Gasteiger partial charge in [-0.05, 0) is 30.7 Å². The summed E-state index contributed by atoms with van der Waals surface area (Å²) < 4.78 is 1.80. The highest BCUT2D eigenvalue weighted by Gasteiger charge is 2.13. The molecule has 0 atom stereocenters. The monoisotopic (exact) mass is 374 g/mol. The molecule has 2 heterocycles. The van der Waals surface area contributed by atoms with Crippen molar-refractivity contribution >= 4 is 29.0 Å². The van der Waals surface area contributed by atoms with Crippen LogP contribution in [0.2, 0.25) is 0 Å². The van der Waals surface area contributed by atoms with Gasteiger partial charge in [0.25, 0.3) is 0 Å². The van der Waals surface area contributed by atoms with Crippen LogP contribution in [0, 0.1) is 6.92 Å². The Morgan fingerprint density at radius 2 is 1.78 bits per heavy atom. The van der Waals surface area contributed by atoms with Crippen LogP contribution in [0.4, 0.5) is 5.69 Å². The molecule has 0 aliphatic rings. The van der Waals surface area contributed by atoms with E-state index in [0.29, 0.717) is 5.75 Å². The fourth-order valence-corrected chi connectivity index (χ4v) is 3.69. The van der Waals surface area contributed by atoms with Crippen LogP contribution in [0.5, 0.6) is 0 Å². The van der Waals surface area contributed by atoms with E-state index in [1.807, 2.05) is 79.9 Å². The third-order valence-corrected chi connectivity index (χ3v) is 5.05. The zero-order valence-electron chi connectivity index (χ0n) is 14.8. The molecule has 4 rings (SSSR count). The number of thioether (sulfide) groups is 1. The topological polar surface area (TPSA) is 59.3 Å². The van der Waals surface area contributed by atoms with Gasteiger partial charge in [0.1, 0.15) is 5.03 Å². The summed E-state index contributed by atoms with van der Waals surface area (Å²) in [6.07, 6.45) is 1.82. The first kappa shape index (κ1) is 17.3. The molecule has 0 saturated heterocycles. The van der Waals surface area contributed by atoms with E-state index in [1.54, 1.807) is 4.52 Å². The van der Waals surface area contributed by atoms with Gasteiger partial charge in [0.05, 0.1) is 11.9 Å². The molecule has 1 amide bonds. The number of aryl methyl sites for hydroxylation is 1. The third-order valence-electron chi connectivity index (χ3n) is 4.06. The maximum absolute atomic E-state index is 12.3. The summed E-state index contributed by atoms with van der Waals surface area (Å²) in [6.45, 7) is 1.95. The third kappa shape index (κ3) is 3.85. The van der Waals surface area contributed by atoms with Crippen molar-refractivity contribution in [2.75, 3.05) is 11.1 Å². The Balaban J connectivity index is 1.57. The molecule has 5 nitrogen and oxygen atoms in total. The number of para-hydroxylation sites is 1. The van der Waals surface area contributed by atoms with E-state index in [9.17, 15) is 4.79 Å². The lowest BCUT2D eigenvalue weighted by atomic mass is 10.1. The zero-order chi connectivity index (χ0) is 18.6. The number of hydrogen-bond donors (Lipinski definition) is 1. The first-order valence-corrected chi connectivity index (χ1v) is 9.58. The Morgan fingerprint density at radius 1 is 1.07 bits per heavy atom. The van der Waals surface area contributed by atoms with Gasteiger partial charge in [-0.25, -0.2) is 9.50 Å². The minimum absolute atomic E-state index is 0.0516. The van der Waals surface area contributed by atoms with Crippen LogP contribution in [-0.4, -0.2) is 26.3 Å². The molecule has 0 spiro atoms. The van der Waals surface area contributed by atoms with Crippen molar-refractivity contribution < 1.29 is 4.79 Å². The van der Waals surface area contributed by atoms with Crippen molar-refractivity contribution in [2.45, 2.75) is 11.9 Å². The lowest BCUT2D eigenvalue weighted by Crippen LogP contribution is -2.14. The van der Waals surface area contributed by atoms with Gasteiger partial charge in [0.2, 0.25) is 5.91 Å². The van der Waals surface area contributed by atoms with Crippen LogP contribution in [0.3, 0.4) is 0 Å². The van der Waals surface area contributed by atoms with E-state index in [1.165, 1.54) is 11.8 Å². The van der Waals surface area contributed by atoms with Crippen LogP contribution in [0.25, 0.3) is 16.8 Å². The molecule has 4 aromatic rings. The molecular formula is C21H18N4OS. The van der Waals surface area contributed by atoms with Crippen LogP contribution in [0.15, 0.2) is 78.0 Å². The van der Waals surface area contributed by atoms with Gasteiger partial charge in [0.15, 0.2) is 5.65 Å². The predicted octanol–water partition coefficient (Wildman–Crippen LogP) is 4.44. The molecule has 0 bridgehead atoms. The summed E-state index contributed by atoms with van der Waals surface area (Å²) in [5.74, 6) is 0.248. The highest BCUT2D eigenvalue weighted by atomic mass is 32.2. The molecule has 6 heteroatoms. The summed E-state index contributed by atoms with van der Waals surface area (Å²) in [5, 5.41) is 8.29. The first-order chi connectivity index (χ1) is 13.2. The van der Waals surface area contributed by atoms with Crippen LogP contribution in [0.1, 0.15) is 5.69 Å². The van der Waals surface area contributed by atoms with E-state index in [-0.39, 0.29) is 5.91 Å². The number of nitrogens with zero attached hydrogens (tertiary/aromatic N) is 3. The van der Waals surface area contributed by atoms with Gasteiger partial charge in [-0.3, -0.25) is 4.79 Å². The number of rotatable bonds is 5. The second-order valence-corrected chi connectivity index (χ2v) is 7.09. The molecule has 134 valence electrons. The van der Waals surface area contributed by atoms with Gasteiger partial charge in [0, 0.05) is 16.9 Å². The number of amides is 1. The summed E-state index contributed by atoms with van der Waals surface area (Å²) in [7, 11) is 0. The van der Waals surface area contributed by atoms with Crippen molar-refractivity contribution in [3.63, 3.8) is 0 Å². The molecule has 0 saturated carbocycles. The molecular weight excluding hydrogens is 356 g/mol. The second-order valence-electron chi connectivity index (χ2n) is 6.10. The number of nitrogens with one attached hydrogen (secondary N) is 1. The number of aromatic nitrogens is 3. The number of carbonyl (C=O) groups excluding carboxylic acids is 1. The number of benzene rings is 2. The molecule has 27 heavy (non-hydrogen) atoms. The van der Waals surface area contributed by atoms with Crippen LogP contribution >= 0.6 is 11.8 Å². The average Bonchev–Trinajstić information content (AvgIpc) is 3.11. The average molecular weight is 374 g/mol. The van der Waals surface area contributed by atoms with Crippen molar-refractivity contribution in [3.8, 4) is 11.1 Å². The molecule has 0 fully saturated rings.